The molecule has 0 aliphatic rings. The highest BCUT2D eigenvalue weighted by molar-refractivity contribution is 6.07. The minimum atomic E-state index is -0.0341. The van der Waals surface area contributed by atoms with E-state index in [9.17, 15) is 4.79 Å². The second-order valence-electron chi connectivity index (χ2n) is 6.51. The number of nitrogens with zero attached hydrogens (tertiary/aromatic N) is 3. The van der Waals surface area contributed by atoms with E-state index >= 15 is 0 Å². The van der Waals surface area contributed by atoms with Crippen molar-refractivity contribution in [3.05, 3.63) is 108 Å². The molecule has 2 aromatic heterocycles. The Morgan fingerprint density at radius 2 is 1.64 bits per heavy atom. The van der Waals surface area contributed by atoms with Gasteiger partial charge in [0.15, 0.2) is 5.78 Å². The van der Waals surface area contributed by atoms with E-state index in [0.717, 1.165) is 28.1 Å². The molecule has 4 aromatic rings. The molecule has 0 aliphatic carbocycles. The van der Waals surface area contributed by atoms with Gasteiger partial charge >= 0.3 is 0 Å². The zero-order chi connectivity index (χ0) is 19.3. The van der Waals surface area contributed by atoms with Gasteiger partial charge in [-0.25, -0.2) is 4.68 Å². The van der Waals surface area contributed by atoms with Crippen molar-refractivity contribution in [2.75, 3.05) is 0 Å². The zero-order valence-electron chi connectivity index (χ0n) is 15.5. The molecule has 0 amide bonds. The van der Waals surface area contributed by atoms with Gasteiger partial charge in [0.05, 0.1) is 5.69 Å². The molecule has 0 aliphatic heterocycles. The molecule has 136 valence electrons. The second kappa shape index (κ2) is 7.84. The Balaban J connectivity index is 1.71. The van der Waals surface area contributed by atoms with E-state index < -0.39 is 0 Å². The van der Waals surface area contributed by atoms with Crippen LogP contribution in [-0.2, 0) is 0 Å². The van der Waals surface area contributed by atoms with Gasteiger partial charge < -0.3 is 0 Å². The molecule has 2 heterocycles. The largest absolute Gasteiger partial charge is 0.289 e. The quantitative estimate of drug-likeness (QED) is 0.363. The van der Waals surface area contributed by atoms with Crippen LogP contribution in [0.3, 0.4) is 0 Å². The molecule has 0 fully saturated rings. The van der Waals surface area contributed by atoms with E-state index in [-0.39, 0.29) is 5.78 Å². The molecule has 4 rings (SSSR count). The maximum Gasteiger partial charge on any atom is 0.185 e. The van der Waals surface area contributed by atoms with Gasteiger partial charge in [0.2, 0.25) is 0 Å². The van der Waals surface area contributed by atoms with Gasteiger partial charge in [0.25, 0.3) is 0 Å². The fraction of sp³-hybridized carbons (Fsp3) is 0.0417. The van der Waals surface area contributed by atoms with Crippen molar-refractivity contribution >= 4 is 11.9 Å². The number of carbonyl (C=O) groups is 1. The number of aryl methyl sites for hydroxylation is 1. The first-order chi connectivity index (χ1) is 13.7. The lowest BCUT2D eigenvalue weighted by Gasteiger charge is -2.00. The summed E-state index contributed by atoms with van der Waals surface area (Å²) in [6, 6.07) is 21.3. The topological polar surface area (TPSA) is 47.8 Å². The standard InChI is InChI=1S/C24H19N3O/c1-18-7-9-19(10-8-18)23(28)12-11-21-17-27(22-5-3-2-4-6-22)26-24(21)20-13-15-25-16-14-20/h2-17H,1H3/b12-11+. The minimum absolute atomic E-state index is 0.0341. The Labute approximate surface area is 163 Å². The van der Waals surface area contributed by atoms with E-state index in [1.54, 1.807) is 18.5 Å². The molecule has 4 nitrogen and oxygen atoms in total. The SMILES string of the molecule is Cc1ccc(C(=O)/C=C/c2cn(-c3ccccc3)nc2-c2ccncc2)cc1. The molecule has 0 atom stereocenters. The van der Waals surface area contributed by atoms with Crippen molar-refractivity contribution in [3.63, 3.8) is 0 Å². The van der Waals surface area contributed by atoms with Crippen molar-refractivity contribution in [1.29, 1.82) is 0 Å². The summed E-state index contributed by atoms with van der Waals surface area (Å²) in [7, 11) is 0. The van der Waals surface area contributed by atoms with Gasteiger partial charge in [-0.3, -0.25) is 9.78 Å². The Morgan fingerprint density at radius 1 is 0.929 bits per heavy atom. The normalized spacial score (nSPS) is 11.0. The summed E-state index contributed by atoms with van der Waals surface area (Å²) in [5.74, 6) is -0.0341. The van der Waals surface area contributed by atoms with E-state index in [1.165, 1.54) is 0 Å². The van der Waals surface area contributed by atoms with E-state index in [1.807, 2.05) is 90.6 Å². The van der Waals surface area contributed by atoms with Crippen LogP contribution < -0.4 is 0 Å². The van der Waals surface area contributed by atoms with E-state index in [4.69, 9.17) is 5.10 Å². The predicted molar refractivity (Wildman–Crippen MR) is 111 cm³/mol. The highest BCUT2D eigenvalue weighted by Gasteiger charge is 2.11. The molecule has 0 saturated heterocycles. The lowest BCUT2D eigenvalue weighted by molar-refractivity contribution is 0.104. The monoisotopic (exact) mass is 365 g/mol. The van der Waals surface area contributed by atoms with Crippen LogP contribution in [0, 0.1) is 6.92 Å². The Morgan fingerprint density at radius 3 is 2.36 bits per heavy atom. The Hall–Kier alpha value is -3.79. The van der Waals surface area contributed by atoms with E-state index in [0.29, 0.717) is 5.56 Å². The van der Waals surface area contributed by atoms with Gasteiger partial charge in [-0.2, -0.15) is 5.10 Å². The first kappa shape index (κ1) is 17.6. The maximum atomic E-state index is 12.5. The van der Waals surface area contributed by atoms with Crippen molar-refractivity contribution in [2.24, 2.45) is 0 Å². The van der Waals surface area contributed by atoms with Crippen molar-refractivity contribution in [3.8, 4) is 16.9 Å². The zero-order valence-corrected chi connectivity index (χ0v) is 15.5. The van der Waals surface area contributed by atoms with Crippen molar-refractivity contribution < 1.29 is 4.79 Å². The summed E-state index contributed by atoms with van der Waals surface area (Å²) in [5, 5.41) is 4.74. The smallest absolute Gasteiger partial charge is 0.185 e. The van der Waals surface area contributed by atoms with Crippen LogP contribution in [0.4, 0.5) is 0 Å². The number of hydrogen-bond donors (Lipinski definition) is 0. The van der Waals surface area contributed by atoms with Gasteiger partial charge in [0.1, 0.15) is 5.69 Å². The third kappa shape index (κ3) is 3.81. The molecule has 4 heteroatoms. The Kier molecular flexibility index (Phi) is 4.93. The molecule has 0 radical (unpaired) electrons. The van der Waals surface area contributed by atoms with Crippen LogP contribution in [0.1, 0.15) is 21.5 Å². The molecule has 0 bridgehead atoms. The van der Waals surface area contributed by atoms with Crippen molar-refractivity contribution in [1.82, 2.24) is 14.8 Å². The fourth-order valence-electron chi connectivity index (χ4n) is 2.94. The number of allylic oxidation sites excluding steroid dienone is 1. The summed E-state index contributed by atoms with van der Waals surface area (Å²) in [6.45, 7) is 2.00. The summed E-state index contributed by atoms with van der Waals surface area (Å²) in [5.41, 5.74) is 5.39. The van der Waals surface area contributed by atoms with Gasteiger partial charge in [-0.1, -0.05) is 48.0 Å². The third-order valence-corrected chi connectivity index (χ3v) is 4.47. The highest BCUT2D eigenvalue weighted by Crippen LogP contribution is 2.24. The van der Waals surface area contributed by atoms with Crippen LogP contribution in [0.25, 0.3) is 23.0 Å². The van der Waals surface area contributed by atoms with Crippen LogP contribution in [0.2, 0.25) is 0 Å². The third-order valence-electron chi connectivity index (χ3n) is 4.47. The lowest BCUT2D eigenvalue weighted by Crippen LogP contribution is -1.93. The minimum Gasteiger partial charge on any atom is -0.289 e. The maximum absolute atomic E-state index is 12.5. The first-order valence-corrected chi connectivity index (χ1v) is 9.05. The van der Waals surface area contributed by atoms with Crippen molar-refractivity contribution in [2.45, 2.75) is 6.92 Å². The number of pyridine rings is 1. The average Bonchev–Trinajstić information content (AvgIpc) is 3.18. The number of carbonyl (C=O) groups excluding carboxylic acids is 1. The average molecular weight is 365 g/mol. The molecule has 28 heavy (non-hydrogen) atoms. The summed E-state index contributed by atoms with van der Waals surface area (Å²) in [4.78, 5) is 16.6. The lowest BCUT2D eigenvalue weighted by atomic mass is 10.1. The number of rotatable bonds is 5. The number of hydrogen-bond acceptors (Lipinski definition) is 3. The van der Waals surface area contributed by atoms with Crippen LogP contribution in [0.15, 0.2) is 91.4 Å². The number of ketones is 1. The number of para-hydroxylation sites is 1. The van der Waals surface area contributed by atoms with Gasteiger partial charge in [-0.05, 0) is 43.3 Å². The number of aromatic nitrogens is 3. The molecule has 0 N–H and O–H groups in total. The Bertz CT molecular complexity index is 1110. The second-order valence-corrected chi connectivity index (χ2v) is 6.51. The van der Waals surface area contributed by atoms with E-state index in [2.05, 4.69) is 4.98 Å². The molecule has 0 spiro atoms. The summed E-state index contributed by atoms with van der Waals surface area (Å²) in [6.07, 6.45) is 8.83. The van der Waals surface area contributed by atoms with Gasteiger partial charge in [0, 0.05) is 35.3 Å². The van der Waals surface area contributed by atoms with Crippen LogP contribution >= 0.6 is 0 Å². The fourth-order valence-corrected chi connectivity index (χ4v) is 2.94. The summed E-state index contributed by atoms with van der Waals surface area (Å²) < 4.78 is 1.83. The van der Waals surface area contributed by atoms with Crippen LogP contribution in [-0.4, -0.2) is 20.5 Å². The highest BCUT2D eigenvalue weighted by atomic mass is 16.1. The summed E-state index contributed by atoms with van der Waals surface area (Å²) >= 11 is 0. The van der Waals surface area contributed by atoms with Gasteiger partial charge in [-0.15, -0.1) is 0 Å². The number of benzene rings is 2. The first-order valence-electron chi connectivity index (χ1n) is 9.05. The molecule has 2 aromatic carbocycles. The van der Waals surface area contributed by atoms with Crippen LogP contribution in [0.5, 0.6) is 0 Å². The predicted octanol–water partition coefficient (Wildman–Crippen LogP) is 5.14. The molecular formula is C24H19N3O. The molecule has 0 saturated carbocycles. The molecule has 0 unspecified atom stereocenters. The molecular weight excluding hydrogens is 346 g/mol.